The van der Waals surface area contributed by atoms with Crippen LogP contribution < -0.4 is 0 Å². The topological polar surface area (TPSA) is 12.9 Å². The summed E-state index contributed by atoms with van der Waals surface area (Å²) in [5.41, 5.74) is 4.05. The van der Waals surface area contributed by atoms with Crippen molar-refractivity contribution in [3.8, 4) is 0 Å². The Hall–Kier alpha value is -1.24. The minimum absolute atomic E-state index is 0. The van der Waals surface area contributed by atoms with E-state index in [0.717, 1.165) is 17.4 Å². The van der Waals surface area contributed by atoms with Crippen LogP contribution in [0.4, 0.5) is 0 Å². The van der Waals surface area contributed by atoms with Crippen molar-refractivity contribution in [2.24, 2.45) is 0 Å². The number of fused-ring (bicyclic) bond motifs is 8. The van der Waals surface area contributed by atoms with Gasteiger partial charge in [0.15, 0.2) is 0 Å². The van der Waals surface area contributed by atoms with E-state index >= 15 is 0 Å². The largest absolute Gasteiger partial charge is 0.300 e. The molecule has 2 heteroatoms. The second-order valence-electron chi connectivity index (χ2n) is 5.94. The van der Waals surface area contributed by atoms with E-state index in [-0.39, 0.29) is 20.1 Å². The third kappa shape index (κ3) is 1.55. The molecule has 101 valence electrons. The van der Waals surface area contributed by atoms with Gasteiger partial charge < -0.3 is 4.98 Å². The van der Waals surface area contributed by atoms with Gasteiger partial charge in [-0.05, 0) is 41.6 Å². The molecule has 1 heterocycles. The SMILES string of the molecule is [Ir].[c-]1cccc2ccc3cc4c(nc3c12)C1CCC4C1. The van der Waals surface area contributed by atoms with Gasteiger partial charge in [-0.15, -0.1) is 35.0 Å². The third-order valence-corrected chi connectivity index (χ3v) is 4.94. The molecule has 0 aliphatic heterocycles. The van der Waals surface area contributed by atoms with Crippen LogP contribution in [0.3, 0.4) is 0 Å². The molecule has 1 radical (unpaired) electrons. The zero-order valence-corrected chi connectivity index (χ0v) is 13.4. The van der Waals surface area contributed by atoms with E-state index < -0.39 is 0 Å². The summed E-state index contributed by atoms with van der Waals surface area (Å²) >= 11 is 0. The number of hydrogen-bond acceptors (Lipinski definition) is 1. The molecule has 2 bridgehead atoms. The molecule has 0 amide bonds. The second-order valence-corrected chi connectivity index (χ2v) is 5.94. The van der Waals surface area contributed by atoms with Gasteiger partial charge in [0.1, 0.15) is 0 Å². The van der Waals surface area contributed by atoms with Crippen LogP contribution in [0.5, 0.6) is 0 Å². The van der Waals surface area contributed by atoms with Crippen LogP contribution in [0.2, 0.25) is 0 Å². The Kier molecular flexibility index (Phi) is 2.73. The predicted molar refractivity (Wildman–Crippen MR) is 77.4 cm³/mol. The molecule has 2 aromatic carbocycles. The minimum atomic E-state index is 0. The Balaban J connectivity index is 0.00000106. The average molecular weight is 437 g/mol. The van der Waals surface area contributed by atoms with E-state index in [1.165, 1.54) is 46.7 Å². The summed E-state index contributed by atoms with van der Waals surface area (Å²) in [6.45, 7) is 0. The van der Waals surface area contributed by atoms with Gasteiger partial charge >= 0.3 is 0 Å². The minimum Gasteiger partial charge on any atom is -0.300 e. The number of nitrogens with zero attached hydrogens (tertiary/aromatic N) is 1. The molecule has 1 nitrogen and oxygen atoms in total. The number of benzene rings is 2. The van der Waals surface area contributed by atoms with E-state index in [0.29, 0.717) is 0 Å². The van der Waals surface area contributed by atoms with Crippen LogP contribution in [-0.4, -0.2) is 4.98 Å². The summed E-state index contributed by atoms with van der Waals surface area (Å²) in [6, 6.07) is 16.3. The third-order valence-electron chi connectivity index (χ3n) is 4.94. The van der Waals surface area contributed by atoms with Crippen molar-refractivity contribution < 1.29 is 20.1 Å². The van der Waals surface area contributed by atoms with Crippen molar-refractivity contribution in [1.29, 1.82) is 0 Å². The van der Waals surface area contributed by atoms with Crippen LogP contribution in [0.1, 0.15) is 42.4 Å². The number of aromatic nitrogens is 1. The second kappa shape index (κ2) is 4.38. The molecule has 1 saturated carbocycles. The molecule has 2 aliphatic rings. The maximum absolute atomic E-state index is 5.04. The Bertz CT molecular complexity index is 824. The van der Waals surface area contributed by atoms with Gasteiger partial charge in [0.05, 0.1) is 0 Å². The van der Waals surface area contributed by atoms with Gasteiger partial charge in [-0.25, -0.2) is 0 Å². The quantitative estimate of drug-likeness (QED) is 0.372. The van der Waals surface area contributed by atoms with Crippen LogP contribution in [0, 0.1) is 6.07 Å². The first kappa shape index (κ1) is 12.5. The molecule has 1 fully saturated rings. The van der Waals surface area contributed by atoms with Crippen molar-refractivity contribution in [2.75, 3.05) is 0 Å². The normalized spacial score (nSPS) is 23.0. The van der Waals surface area contributed by atoms with Crippen molar-refractivity contribution in [3.63, 3.8) is 0 Å². The Morgan fingerprint density at radius 3 is 2.85 bits per heavy atom. The molecule has 2 unspecified atom stereocenters. The average Bonchev–Trinajstić information content (AvgIpc) is 3.07. The molecule has 0 saturated heterocycles. The summed E-state index contributed by atoms with van der Waals surface area (Å²) in [5.74, 6) is 1.51. The summed E-state index contributed by atoms with van der Waals surface area (Å²) < 4.78 is 0. The molecular formula is C18H14IrN-. The van der Waals surface area contributed by atoms with E-state index in [9.17, 15) is 0 Å². The maximum Gasteiger partial charge on any atom is 0.0363 e. The van der Waals surface area contributed by atoms with Gasteiger partial charge in [0.25, 0.3) is 0 Å². The molecule has 0 spiro atoms. The van der Waals surface area contributed by atoms with Crippen molar-refractivity contribution in [1.82, 2.24) is 4.98 Å². The van der Waals surface area contributed by atoms with Gasteiger partial charge in [-0.2, -0.15) is 0 Å². The van der Waals surface area contributed by atoms with E-state index in [1.807, 2.05) is 12.1 Å². The molecule has 3 aromatic rings. The zero-order chi connectivity index (χ0) is 12.4. The summed E-state index contributed by atoms with van der Waals surface area (Å²) in [5, 5.41) is 3.69. The van der Waals surface area contributed by atoms with Crippen LogP contribution in [0.25, 0.3) is 21.7 Å². The van der Waals surface area contributed by atoms with Gasteiger partial charge in [-0.1, -0.05) is 18.2 Å². The van der Waals surface area contributed by atoms with Gasteiger partial charge in [0, 0.05) is 31.7 Å². The first-order valence-corrected chi connectivity index (χ1v) is 7.14. The van der Waals surface area contributed by atoms with Crippen molar-refractivity contribution >= 4 is 21.7 Å². The van der Waals surface area contributed by atoms with Crippen molar-refractivity contribution in [2.45, 2.75) is 31.1 Å². The van der Waals surface area contributed by atoms with E-state index in [4.69, 9.17) is 4.98 Å². The summed E-state index contributed by atoms with van der Waals surface area (Å²) in [7, 11) is 0. The molecule has 1 aromatic heterocycles. The Labute approximate surface area is 131 Å². The number of rotatable bonds is 0. The fraction of sp³-hybridized carbons (Fsp3) is 0.278. The molecular weight excluding hydrogens is 422 g/mol. The van der Waals surface area contributed by atoms with E-state index in [2.05, 4.69) is 30.3 Å². The van der Waals surface area contributed by atoms with Gasteiger partial charge in [0.2, 0.25) is 0 Å². The Morgan fingerprint density at radius 1 is 1.05 bits per heavy atom. The standard InChI is InChI=1S/C18H14N.Ir/c1-2-4-15-11(3-1)5-7-14-10-16-12-6-8-13(9-12)18(16)19-17(14)15;/h1-3,5,7,10,12-13H,6,8-9H2;/q-1;. The fourth-order valence-corrected chi connectivity index (χ4v) is 4.03. The fourth-order valence-electron chi connectivity index (χ4n) is 4.03. The monoisotopic (exact) mass is 437 g/mol. The number of pyridine rings is 1. The van der Waals surface area contributed by atoms with Crippen LogP contribution in [0.15, 0.2) is 36.4 Å². The molecule has 5 rings (SSSR count). The Morgan fingerprint density at radius 2 is 1.90 bits per heavy atom. The predicted octanol–water partition coefficient (Wildman–Crippen LogP) is 4.55. The first-order valence-electron chi connectivity index (χ1n) is 7.14. The van der Waals surface area contributed by atoms with Crippen LogP contribution in [-0.2, 0) is 20.1 Å². The molecule has 0 N–H and O–H groups in total. The zero-order valence-electron chi connectivity index (χ0n) is 11.0. The molecule has 2 atom stereocenters. The molecule has 20 heavy (non-hydrogen) atoms. The summed E-state index contributed by atoms with van der Waals surface area (Å²) in [6.07, 6.45) is 4.04. The maximum atomic E-state index is 5.04. The van der Waals surface area contributed by atoms with Crippen LogP contribution >= 0.6 is 0 Å². The summed E-state index contributed by atoms with van der Waals surface area (Å²) in [4.78, 5) is 5.04. The first-order chi connectivity index (χ1) is 9.40. The van der Waals surface area contributed by atoms with Gasteiger partial charge in [-0.3, -0.25) is 0 Å². The molecule has 2 aliphatic carbocycles. The smallest absolute Gasteiger partial charge is 0.0363 e. The number of hydrogen-bond donors (Lipinski definition) is 0. The van der Waals surface area contributed by atoms with Crippen molar-refractivity contribution in [3.05, 3.63) is 53.7 Å². The van der Waals surface area contributed by atoms with E-state index in [1.54, 1.807) is 0 Å².